The summed E-state index contributed by atoms with van der Waals surface area (Å²) in [4.78, 5) is 24.2. The smallest absolute Gasteiger partial charge is 0.303 e. The van der Waals surface area contributed by atoms with Gasteiger partial charge in [0.25, 0.3) is 10.0 Å². The molecule has 38 heavy (non-hydrogen) atoms. The topological polar surface area (TPSA) is 115 Å². The summed E-state index contributed by atoms with van der Waals surface area (Å²) in [6, 6.07) is 12.3. The number of halogens is 1. The van der Waals surface area contributed by atoms with Crippen LogP contribution < -0.4 is 4.31 Å². The van der Waals surface area contributed by atoms with Gasteiger partial charge >= 0.3 is 11.9 Å². The summed E-state index contributed by atoms with van der Waals surface area (Å²) < 4.78 is 28.6. The van der Waals surface area contributed by atoms with E-state index in [9.17, 15) is 18.0 Å². The van der Waals surface area contributed by atoms with Crippen molar-refractivity contribution in [2.75, 3.05) is 24.4 Å². The van der Waals surface area contributed by atoms with Gasteiger partial charge in [-0.2, -0.15) is 0 Å². The molecule has 10 heteroatoms. The van der Waals surface area contributed by atoms with Gasteiger partial charge in [0.05, 0.1) is 16.6 Å². The minimum Gasteiger partial charge on any atom is -0.481 e. The van der Waals surface area contributed by atoms with Crippen molar-refractivity contribution in [2.24, 2.45) is 0 Å². The van der Waals surface area contributed by atoms with E-state index in [0.29, 0.717) is 42.2 Å². The zero-order valence-corrected chi connectivity index (χ0v) is 23.4. The maximum absolute atomic E-state index is 13.6. The average Bonchev–Trinajstić information content (AvgIpc) is 2.94. The number of aliphatic carboxylic acids is 2. The van der Waals surface area contributed by atoms with Crippen molar-refractivity contribution in [3.63, 3.8) is 0 Å². The summed E-state index contributed by atoms with van der Waals surface area (Å²) in [7, 11) is -2.26. The SMILES string of the molecule is CN1c2ccccc2C(N(CCCCCCC(=O)O)CCCCCCC(=O)O)c2ccc(Cl)cc2S1(=O)=O. The van der Waals surface area contributed by atoms with Crippen molar-refractivity contribution in [3.8, 4) is 0 Å². The summed E-state index contributed by atoms with van der Waals surface area (Å²) >= 11 is 6.27. The molecule has 0 aliphatic carbocycles. The maximum atomic E-state index is 13.6. The molecule has 2 aromatic carbocycles. The largest absolute Gasteiger partial charge is 0.481 e. The van der Waals surface area contributed by atoms with Gasteiger partial charge in [0, 0.05) is 24.9 Å². The molecule has 0 aromatic heterocycles. The number of sulfonamides is 1. The first-order valence-electron chi connectivity index (χ1n) is 13.2. The molecule has 2 aromatic rings. The second-order valence-corrected chi connectivity index (χ2v) is 12.1. The Morgan fingerprint density at radius 2 is 1.39 bits per heavy atom. The standard InChI is InChI=1S/C28H37ClN2O6S/c1-30-24-13-9-8-12-22(24)28(23-17-16-21(29)20-25(23)38(30,36)37)31(18-10-4-2-6-14-26(32)33)19-11-5-3-7-15-27(34)35/h8-9,12-13,16-17,20,28H,2-7,10-11,14-15,18-19H2,1H3,(H,32,33)(H,34,35). The van der Waals surface area contributed by atoms with Crippen molar-refractivity contribution in [1.29, 1.82) is 0 Å². The normalized spacial score (nSPS) is 16.1. The number of benzene rings is 2. The van der Waals surface area contributed by atoms with Crippen LogP contribution in [0.4, 0.5) is 5.69 Å². The van der Waals surface area contributed by atoms with Gasteiger partial charge in [-0.3, -0.25) is 18.8 Å². The number of hydrogen-bond acceptors (Lipinski definition) is 5. The van der Waals surface area contributed by atoms with Crippen LogP contribution in [0.5, 0.6) is 0 Å². The molecule has 0 fully saturated rings. The average molecular weight is 565 g/mol. The second kappa shape index (κ2) is 14.0. The predicted molar refractivity (Wildman–Crippen MR) is 148 cm³/mol. The maximum Gasteiger partial charge on any atom is 0.303 e. The number of fused-ring (bicyclic) bond motifs is 2. The second-order valence-electron chi connectivity index (χ2n) is 9.77. The summed E-state index contributed by atoms with van der Waals surface area (Å²) in [5.74, 6) is -1.57. The minimum absolute atomic E-state index is 0.161. The predicted octanol–water partition coefficient (Wildman–Crippen LogP) is 5.94. The molecule has 0 spiro atoms. The number of nitrogens with zero attached hydrogens (tertiary/aromatic N) is 2. The number of carboxylic acid groups (broad SMARTS) is 2. The van der Waals surface area contributed by atoms with Crippen molar-refractivity contribution in [1.82, 2.24) is 4.90 Å². The summed E-state index contributed by atoms with van der Waals surface area (Å²) in [5, 5.41) is 18.2. The zero-order chi connectivity index (χ0) is 27.7. The summed E-state index contributed by atoms with van der Waals surface area (Å²) in [6.45, 7) is 1.43. The molecule has 1 aliphatic heterocycles. The molecule has 0 amide bonds. The van der Waals surface area contributed by atoms with Crippen molar-refractivity contribution >= 4 is 39.3 Å². The summed E-state index contributed by atoms with van der Waals surface area (Å²) in [5.41, 5.74) is 2.21. The van der Waals surface area contributed by atoms with E-state index in [2.05, 4.69) is 4.90 Å². The number of unbranched alkanes of at least 4 members (excludes halogenated alkanes) is 6. The number of para-hydroxylation sites is 1. The molecule has 0 radical (unpaired) electrons. The Balaban J connectivity index is 1.91. The monoisotopic (exact) mass is 564 g/mol. The minimum atomic E-state index is -3.83. The molecule has 1 unspecified atom stereocenters. The lowest BCUT2D eigenvalue weighted by atomic mass is 9.94. The van der Waals surface area contributed by atoms with Gasteiger partial charge in [0.2, 0.25) is 0 Å². The fourth-order valence-electron chi connectivity index (χ4n) is 5.06. The zero-order valence-electron chi connectivity index (χ0n) is 21.8. The van der Waals surface area contributed by atoms with Crippen LogP contribution in [0, 0.1) is 0 Å². The Kier molecular flexibility index (Phi) is 11.0. The molecule has 3 rings (SSSR count). The highest BCUT2D eigenvalue weighted by molar-refractivity contribution is 7.92. The van der Waals surface area contributed by atoms with Crippen LogP contribution in [0.15, 0.2) is 47.4 Å². The lowest BCUT2D eigenvalue weighted by molar-refractivity contribution is -0.138. The Hall–Kier alpha value is -2.62. The van der Waals surface area contributed by atoms with E-state index in [4.69, 9.17) is 21.8 Å². The van der Waals surface area contributed by atoms with E-state index in [0.717, 1.165) is 44.1 Å². The highest BCUT2D eigenvalue weighted by Gasteiger charge is 2.37. The molecule has 1 atom stereocenters. The van der Waals surface area contributed by atoms with Crippen molar-refractivity contribution in [2.45, 2.75) is 75.1 Å². The van der Waals surface area contributed by atoms with Gasteiger partial charge in [-0.25, -0.2) is 8.42 Å². The van der Waals surface area contributed by atoms with Gasteiger partial charge in [-0.05, 0) is 68.1 Å². The molecule has 8 nitrogen and oxygen atoms in total. The van der Waals surface area contributed by atoms with Gasteiger partial charge in [0.1, 0.15) is 0 Å². The third-order valence-corrected chi connectivity index (χ3v) is 9.08. The van der Waals surface area contributed by atoms with Crippen LogP contribution in [0.2, 0.25) is 5.02 Å². The quantitative estimate of drug-likeness (QED) is 0.257. The van der Waals surface area contributed by atoms with E-state index in [1.165, 1.54) is 10.4 Å². The molecule has 0 saturated carbocycles. The van der Waals surface area contributed by atoms with Crippen LogP contribution >= 0.6 is 11.6 Å². The van der Waals surface area contributed by atoms with E-state index in [1.807, 2.05) is 30.3 Å². The molecule has 1 heterocycles. The Labute approximate surface area is 230 Å². The molecule has 1 aliphatic rings. The van der Waals surface area contributed by atoms with E-state index in [-0.39, 0.29) is 23.8 Å². The van der Waals surface area contributed by atoms with Gasteiger partial charge in [-0.1, -0.05) is 61.5 Å². The van der Waals surface area contributed by atoms with E-state index < -0.39 is 22.0 Å². The van der Waals surface area contributed by atoms with Gasteiger partial charge in [-0.15, -0.1) is 0 Å². The van der Waals surface area contributed by atoms with Crippen LogP contribution in [-0.2, 0) is 19.6 Å². The molecular formula is C28H37ClN2O6S. The Morgan fingerprint density at radius 3 is 1.97 bits per heavy atom. The third kappa shape index (κ3) is 7.71. The fourth-order valence-corrected chi connectivity index (χ4v) is 6.77. The number of carboxylic acids is 2. The number of rotatable bonds is 15. The van der Waals surface area contributed by atoms with Gasteiger partial charge in [0.15, 0.2) is 0 Å². The number of anilines is 1. The fraction of sp³-hybridized carbons (Fsp3) is 0.500. The van der Waals surface area contributed by atoms with Crippen LogP contribution in [0.3, 0.4) is 0 Å². The lowest BCUT2D eigenvalue weighted by Gasteiger charge is -2.33. The first-order chi connectivity index (χ1) is 18.1. The van der Waals surface area contributed by atoms with E-state index in [1.54, 1.807) is 13.1 Å². The van der Waals surface area contributed by atoms with Crippen LogP contribution in [0.25, 0.3) is 0 Å². The molecule has 2 N–H and O–H groups in total. The first-order valence-corrected chi connectivity index (χ1v) is 15.0. The lowest BCUT2D eigenvalue weighted by Crippen LogP contribution is -2.32. The number of carbonyl (C=O) groups is 2. The molecule has 0 saturated heterocycles. The van der Waals surface area contributed by atoms with E-state index >= 15 is 0 Å². The third-order valence-electron chi connectivity index (χ3n) is 7.02. The molecular weight excluding hydrogens is 528 g/mol. The molecule has 208 valence electrons. The highest BCUT2D eigenvalue weighted by Crippen LogP contribution is 2.43. The van der Waals surface area contributed by atoms with Crippen molar-refractivity contribution in [3.05, 3.63) is 58.6 Å². The van der Waals surface area contributed by atoms with Gasteiger partial charge < -0.3 is 10.2 Å². The Morgan fingerprint density at radius 1 is 0.842 bits per heavy atom. The number of hydrogen-bond donors (Lipinski definition) is 2. The first kappa shape index (κ1) is 29.9. The highest BCUT2D eigenvalue weighted by atomic mass is 35.5. The summed E-state index contributed by atoms with van der Waals surface area (Å²) in [6.07, 6.45) is 6.68. The Bertz CT molecular complexity index is 1190. The van der Waals surface area contributed by atoms with Crippen LogP contribution in [0.1, 0.15) is 81.4 Å². The van der Waals surface area contributed by atoms with Crippen molar-refractivity contribution < 1.29 is 28.2 Å². The van der Waals surface area contributed by atoms with Crippen LogP contribution in [-0.4, -0.2) is 55.6 Å². The molecule has 0 bridgehead atoms.